The van der Waals surface area contributed by atoms with Crippen LogP contribution in [0.1, 0.15) is 26.3 Å². The summed E-state index contributed by atoms with van der Waals surface area (Å²) in [6, 6.07) is 13.2. The van der Waals surface area contributed by atoms with Crippen LogP contribution in [0.25, 0.3) is 0 Å². The molecule has 0 unspecified atom stereocenters. The van der Waals surface area contributed by atoms with E-state index in [0.29, 0.717) is 21.7 Å². The molecule has 0 spiro atoms. The molecule has 126 valence electrons. The standard InChI is InChI=1S/C18H18ClNO4/c1-23-16(24-2)11-20-18(22)15-6-4-3-5-14(15)17(21)12-7-9-13(19)10-8-12/h3-10,16H,11H2,1-2H3,(H,20,22). The lowest BCUT2D eigenvalue weighted by Crippen LogP contribution is -2.34. The Morgan fingerprint density at radius 3 is 2.17 bits per heavy atom. The van der Waals surface area contributed by atoms with Gasteiger partial charge in [-0.3, -0.25) is 9.59 Å². The SMILES string of the molecule is COC(CNC(=O)c1ccccc1C(=O)c1ccc(Cl)cc1)OC. The summed E-state index contributed by atoms with van der Waals surface area (Å²) in [6.45, 7) is 0.176. The molecule has 0 aliphatic carbocycles. The van der Waals surface area contributed by atoms with Crippen LogP contribution in [0.3, 0.4) is 0 Å². The molecular weight excluding hydrogens is 330 g/mol. The number of carbonyl (C=O) groups excluding carboxylic acids is 2. The lowest BCUT2D eigenvalue weighted by atomic mass is 9.98. The van der Waals surface area contributed by atoms with Crippen LogP contribution in [0.4, 0.5) is 0 Å². The van der Waals surface area contributed by atoms with E-state index >= 15 is 0 Å². The molecule has 0 aromatic heterocycles. The third kappa shape index (κ3) is 4.41. The zero-order chi connectivity index (χ0) is 17.5. The molecule has 0 atom stereocenters. The summed E-state index contributed by atoms with van der Waals surface area (Å²) in [6.07, 6.45) is -0.548. The molecule has 5 nitrogen and oxygen atoms in total. The summed E-state index contributed by atoms with van der Waals surface area (Å²) in [5.41, 5.74) is 1.08. The molecular formula is C18H18ClNO4. The zero-order valence-electron chi connectivity index (χ0n) is 13.4. The zero-order valence-corrected chi connectivity index (χ0v) is 14.2. The summed E-state index contributed by atoms with van der Waals surface area (Å²) >= 11 is 5.84. The topological polar surface area (TPSA) is 64.6 Å². The van der Waals surface area contributed by atoms with Crippen LogP contribution in [-0.4, -0.2) is 38.7 Å². The van der Waals surface area contributed by atoms with E-state index in [1.807, 2.05) is 0 Å². The highest BCUT2D eigenvalue weighted by Crippen LogP contribution is 2.17. The molecule has 0 heterocycles. The van der Waals surface area contributed by atoms with E-state index in [4.69, 9.17) is 21.1 Å². The van der Waals surface area contributed by atoms with Gasteiger partial charge < -0.3 is 14.8 Å². The minimum absolute atomic E-state index is 0.176. The van der Waals surface area contributed by atoms with Gasteiger partial charge in [-0.2, -0.15) is 0 Å². The van der Waals surface area contributed by atoms with E-state index in [9.17, 15) is 9.59 Å². The van der Waals surface area contributed by atoms with Gasteiger partial charge >= 0.3 is 0 Å². The predicted octanol–water partition coefficient (Wildman–Crippen LogP) is 2.92. The number of ether oxygens (including phenoxy) is 2. The van der Waals surface area contributed by atoms with Crippen molar-refractivity contribution in [3.63, 3.8) is 0 Å². The van der Waals surface area contributed by atoms with Gasteiger partial charge in [0, 0.05) is 30.4 Å². The van der Waals surface area contributed by atoms with Gasteiger partial charge in [-0.25, -0.2) is 0 Å². The number of hydrogen-bond acceptors (Lipinski definition) is 4. The molecule has 2 aromatic carbocycles. The van der Waals surface area contributed by atoms with Crippen molar-refractivity contribution in [2.75, 3.05) is 20.8 Å². The number of carbonyl (C=O) groups is 2. The number of methoxy groups -OCH3 is 2. The highest BCUT2D eigenvalue weighted by Gasteiger charge is 2.18. The van der Waals surface area contributed by atoms with E-state index in [-0.39, 0.29) is 18.2 Å². The molecule has 1 N–H and O–H groups in total. The van der Waals surface area contributed by atoms with Gasteiger partial charge in [-0.05, 0) is 30.3 Å². The van der Waals surface area contributed by atoms with E-state index < -0.39 is 6.29 Å². The van der Waals surface area contributed by atoms with Crippen LogP contribution >= 0.6 is 11.6 Å². The van der Waals surface area contributed by atoms with Gasteiger partial charge in [-0.1, -0.05) is 29.8 Å². The molecule has 0 saturated heterocycles. The molecule has 0 aliphatic rings. The molecule has 0 bridgehead atoms. The number of nitrogens with one attached hydrogen (secondary N) is 1. The fourth-order valence-corrected chi connectivity index (χ4v) is 2.30. The second-order valence-electron chi connectivity index (χ2n) is 4.99. The Kier molecular flexibility index (Phi) is 6.49. The Labute approximate surface area is 145 Å². The van der Waals surface area contributed by atoms with Crippen LogP contribution in [0.15, 0.2) is 48.5 Å². The molecule has 2 aromatic rings. The minimum atomic E-state index is -0.548. The normalized spacial score (nSPS) is 10.7. The predicted molar refractivity (Wildman–Crippen MR) is 91.5 cm³/mol. The summed E-state index contributed by atoms with van der Waals surface area (Å²) < 4.78 is 10.1. The van der Waals surface area contributed by atoms with Crippen LogP contribution in [0.2, 0.25) is 5.02 Å². The van der Waals surface area contributed by atoms with Gasteiger partial charge in [0.15, 0.2) is 12.1 Å². The largest absolute Gasteiger partial charge is 0.354 e. The maximum atomic E-state index is 12.7. The summed E-state index contributed by atoms with van der Waals surface area (Å²) in [7, 11) is 2.97. The van der Waals surface area contributed by atoms with Gasteiger partial charge in [0.25, 0.3) is 5.91 Å². The van der Waals surface area contributed by atoms with Crippen molar-refractivity contribution < 1.29 is 19.1 Å². The molecule has 0 saturated carbocycles. The summed E-state index contributed by atoms with van der Waals surface area (Å²) in [5, 5.41) is 3.24. The fraction of sp³-hybridized carbons (Fsp3) is 0.222. The molecule has 2 rings (SSSR count). The van der Waals surface area contributed by atoms with Crippen molar-refractivity contribution in [2.24, 2.45) is 0 Å². The fourth-order valence-electron chi connectivity index (χ4n) is 2.17. The number of amides is 1. The molecule has 0 aliphatic heterocycles. The van der Waals surface area contributed by atoms with Crippen LogP contribution in [0, 0.1) is 0 Å². The highest BCUT2D eigenvalue weighted by atomic mass is 35.5. The van der Waals surface area contributed by atoms with Crippen LogP contribution < -0.4 is 5.32 Å². The molecule has 1 amide bonds. The quantitative estimate of drug-likeness (QED) is 0.618. The number of rotatable bonds is 7. The monoisotopic (exact) mass is 347 g/mol. The number of halogens is 1. The molecule has 0 radical (unpaired) electrons. The van der Waals surface area contributed by atoms with Crippen LogP contribution in [0.5, 0.6) is 0 Å². The summed E-state index contributed by atoms with van der Waals surface area (Å²) in [5.74, 6) is -0.612. The lowest BCUT2D eigenvalue weighted by Gasteiger charge is -2.15. The first-order chi connectivity index (χ1) is 11.6. The second-order valence-corrected chi connectivity index (χ2v) is 5.43. The first-order valence-corrected chi connectivity index (χ1v) is 7.67. The van der Waals surface area contributed by atoms with E-state index in [0.717, 1.165) is 0 Å². The highest BCUT2D eigenvalue weighted by molar-refractivity contribution is 6.30. The average molecular weight is 348 g/mol. The Morgan fingerprint density at radius 1 is 1.00 bits per heavy atom. The van der Waals surface area contributed by atoms with E-state index in [2.05, 4.69) is 5.32 Å². The van der Waals surface area contributed by atoms with Crippen LogP contribution in [-0.2, 0) is 9.47 Å². The third-order valence-corrected chi connectivity index (χ3v) is 3.73. The van der Waals surface area contributed by atoms with Crippen molar-refractivity contribution in [3.8, 4) is 0 Å². The Balaban J connectivity index is 2.22. The Hall–Kier alpha value is -2.21. The minimum Gasteiger partial charge on any atom is -0.354 e. The van der Waals surface area contributed by atoms with Crippen molar-refractivity contribution in [3.05, 3.63) is 70.2 Å². The third-order valence-electron chi connectivity index (χ3n) is 3.48. The van der Waals surface area contributed by atoms with Gasteiger partial charge in [0.05, 0.1) is 12.1 Å². The van der Waals surface area contributed by atoms with Crippen molar-refractivity contribution >= 4 is 23.3 Å². The molecule has 6 heteroatoms. The first-order valence-electron chi connectivity index (χ1n) is 7.30. The molecule has 0 fully saturated rings. The van der Waals surface area contributed by atoms with E-state index in [1.54, 1.807) is 48.5 Å². The van der Waals surface area contributed by atoms with Crippen molar-refractivity contribution in [1.82, 2.24) is 5.32 Å². The van der Waals surface area contributed by atoms with Gasteiger partial charge in [-0.15, -0.1) is 0 Å². The molecule has 24 heavy (non-hydrogen) atoms. The Bertz CT molecular complexity index is 711. The smallest absolute Gasteiger partial charge is 0.252 e. The average Bonchev–Trinajstić information content (AvgIpc) is 2.62. The second kappa shape index (κ2) is 8.59. The van der Waals surface area contributed by atoms with Crippen molar-refractivity contribution in [1.29, 1.82) is 0 Å². The van der Waals surface area contributed by atoms with Crippen molar-refractivity contribution in [2.45, 2.75) is 6.29 Å². The first kappa shape index (κ1) is 18.1. The van der Waals surface area contributed by atoms with E-state index in [1.165, 1.54) is 14.2 Å². The van der Waals surface area contributed by atoms with Gasteiger partial charge in [0.2, 0.25) is 0 Å². The lowest BCUT2D eigenvalue weighted by molar-refractivity contribution is -0.0974. The number of benzene rings is 2. The maximum Gasteiger partial charge on any atom is 0.252 e. The number of ketones is 1. The number of hydrogen-bond donors (Lipinski definition) is 1. The summed E-state index contributed by atoms with van der Waals surface area (Å²) in [4.78, 5) is 25.1. The Morgan fingerprint density at radius 2 is 1.58 bits per heavy atom. The maximum absolute atomic E-state index is 12.7. The van der Waals surface area contributed by atoms with Gasteiger partial charge in [0.1, 0.15) is 0 Å².